The van der Waals surface area contributed by atoms with Gasteiger partial charge in [-0.25, -0.2) is 0 Å². The summed E-state index contributed by atoms with van der Waals surface area (Å²) in [5.74, 6) is 0.485. The lowest BCUT2D eigenvalue weighted by atomic mass is 10.1. The predicted molar refractivity (Wildman–Crippen MR) is 83.7 cm³/mol. The molecule has 0 amide bonds. The molecule has 0 bridgehead atoms. The topological polar surface area (TPSA) is 49.3 Å². The van der Waals surface area contributed by atoms with Crippen LogP contribution < -0.4 is 5.32 Å². The zero-order chi connectivity index (χ0) is 14.5. The molecule has 2 rings (SSSR count). The first-order valence-electron chi connectivity index (χ1n) is 6.88. The molecule has 0 radical (unpaired) electrons. The van der Waals surface area contributed by atoms with Crippen molar-refractivity contribution in [3.63, 3.8) is 0 Å². The Hall–Kier alpha value is -0.180. The van der Waals surface area contributed by atoms with Gasteiger partial charge in [0.05, 0.1) is 10.0 Å². The maximum absolute atomic E-state index is 11.2. The van der Waals surface area contributed by atoms with Crippen LogP contribution in [0, 0.1) is 5.92 Å². The number of rotatable bonds is 8. The SMILES string of the molecule is O=[P+](O)C(CCCNCc1ccc(Cl)c(Cl)c1)C1CC1. The van der Waals surface area contributed by atoms with Gasteiger partial charge in [0.15, 0.2) is 5.66 Å². The molecular formula is C14H19Cl2NO2P+. The second-order valence-electron chi connectivity index (χ2n) is 5.27. The molecular weight excluding hydrogens is 316 g/mol. The third-order valence-corrected chi connectivity index (χ3v) is 5.60. The lowest BCUT2D eigenvalue weighted by molar-refractivity contribution is 0.467. The van der Waals surface area contributed by atoms with Crippen molar-refractivity contribution in [3.8, 4) is 0 Å². The Labute approximate surface area is 130 Å². The molecule has 1 aliphatic rings. The van der Waals surface area contributed by atoms with E-state index in [9.17, 15) is 9.46 Å². The highest BCUT2D eigenvalue weighted by molar-refractivity contribution is 7.38. The molecule has 6 heteroatoms. The van der Waals surface area contributed by atoms with E-state index >= 15 is 0 Å². The Morgan fingerprint density at radius 2 is 2.10 bits per heavy atom. The molecule has 1 aliphatic carbocycles. The Morgan fingerprint density at radius 1 is 1.35 bits per heavy atom. The molecule has 2 unspecified atom stereocenters. The van der Waals surface area contributed by atoms with Crippen molar-refractivity contribution in [2.45, 2.75) is 37.9 Å². The van der Waals surface area contributed by atoms with Gasteiger partial charge in [-0.3, -0.25) is 0 Å². The number of halogens is 2. The molecule has 0 spiro atoms. The molecule has 1 aromatic rings. The molecule has 1 fully saturated rings. The van der Waals surface area contributed by atoms with Gasteiger partial charge in [0.25, 0.3) is 0 Å². The standard InChI is InChI=1S/C14H18Cl2NO2P/c15-12-6-3-10(8-13(12)16)9-17-7-1-2-14(20(18)19)11-4-5-11/h3,6,8,11,14,17H,1-2,4-5,7,9H2/p+1. The highest BCUT2D eigenvalue weighted by atomic mass is 35.5. The number of nitrogens with one attached hydrogen (secondary N) is 1. The van der Waals surface area contributed by atoms with Crippen LogP contribution in [0.25, 0.3) is 0 Å². The average molecular weight is 335 g/mol. The van der Waals surface area contributed by atoms with Gasteiger partial charge in [-0.2, -0.15) is 4.89 Å². The largest absolute Gasteiger partial charge is 0.508 e. The van der Waals surface area contributed by atoms with E-state index in [1.54, 1.807) is 6.07 Å². The highest BCUT2D eigenvalue weighted by Crippen LogP contribution is 2.45. The van der Waals surface area contributed by atoms with Gasteiger partial charge in [-0.1, -0.05) is 29.3 Å². The minimum atomic E-state index is -2.02. The van der Waals surface area contributed by atoms with E-state index in [-0.39, 0.29) is 5.66 Å². The quantitative estimate of drug-likeness (QED) is 0.548. The molecule has 0 aliphatic heterocycles. The molecule has 3 nitrogen and oxygen atoms in total. The van der Waals surface area contributed by atoms with Crippen molar-refractivity contribution in [2.24, 2.45) is 5.92 Å². The van der Waals surface area contributed by atoms with Gasteiger partial charge in [-0.15, -0.1) is 0 Å². The smallest absolute Gasteiger partial charge is 0.313 e. The second-order valence-corrected chi connectivity index (χ2v) is 7.36. The van der Waals surface area contributed by atoms with E-state index in [1.807, 2.05) is 12.1 Å². The van der Waals surface area contributed by atoms with Crippen LogP contribution in [0.5, 0.6) is 0 Å². The summed E-state index contributed by atoms with van der Waals surface area (Å²) in [6, 6.07) is 5.59. The molecule has 2 atom stereocenters. The Balaban J connectivity index is 1.65. The van der Waals surface area contributed by atoms with Crippen molar-refractivity contribution in [3.05, 3.63) is 33.8 Å². The summed E-state index contributed by atoms with van der Waals surface area (Å²) >= 11 is 11.8. The Kier molecular flexibility index (Phi) is 6.25. The summed E-state index contributed by atoms with van der Waals surface area (Å²) in [4.78, 5) is 9.28. The molecule has 110 valence electrons. The van der Waals surface area contributed by atoms with Crippen LogP contribution in [-0.4, -0.2) is 17.1 Å². The van der Waals surface area contributed by atoms with E-state index in [2.05, 4.69) is 5.32 Å². The van der Waals surface area contributed by atoms with Crippen molar-refractivity contribution < 1.29 is 9.46 Å². The van der Waals surface area contributed by atoms with Crippen LogP contribution in [0.2, 0.25) is 10.0 Å². The third-order valence-electron chi connectivity index (χ3n) is 3.62. The minimum absolute atomic E-state index is 0.00298. The summed E-state index contributed by atoms with van der Waals surface area (Å²) in [6.45, 7) is 1.57. The zero-order valence-corrected chi connectivity index (χ0v) is 13.6. The molecule has 20 heavy (non-hydrogen) atoms. The lowest BCUT2D eigenvalue weighted by Crippen LogP contribution is -2.17. The van der Waals surface area contributed by atoms with Crippen molar-refractivity contribution in [1.82, 2.24) is 5.32 Å². The molecule has 0 heterocycles. The van der Waals surface area contributed by atoms with Gasteiger partial charge in [-0.05, 0) is 54.5 Å². The molecule has 0 aromatic heterocycles. The van der Waals surface area contributed by atoms with Gasteiger partial charge in [0, 0.05) is 12.5 Å². The summed E-state index contributed by atoms with van der Waals surface area (Å²) < 4.78 is 11.2. The summed E-state index contributed by atoms with van der Waals surface area (Å²) in [5, 5.41) is 4.45. The first kappa shape index (κ1) is 16.2. The normalized spacial score (nSPS) is 17.1. The van der Waals surface area contributed by atoms with Gasteiger partial charge >= 0.3 is 8.03 Å². The Morgan fingerprint density at radius 3 is 2.70 bits per heavy atom. The number of benzene rings is 1. The van der Waals surface area contributed by atoms with Crippen LogP contribution in [0.3, 0.4) is 0 Å². The Bertz CT molecular complexity index is 480. The summed E-state index contributed by atoms with van der Waals surface area (Å²) in [7, 11) is -2.02. The fourth-order valence-electron chi connectivity index (χ4n) is 2.33. The maximum Gasteiger partial charge on any atom is 0.508 e. The predicted octanol–water partition coefficient (Wildman–Crippen LogP) is 4.38. The van der Waals surface area contributed by atoms with E-state index < -0.39 is 8.03 Å². The minimum Gasteiger partial charge on any atom is -0.313 e. The van der Waals surface area contributed by atoms with Crippen molar-refractivity contribution in [2.75, 3.05) is 6.54 Å². The lowest BCUT2D eigenvalue weighted by Gasteiger charge is -2.07. The van der Waals surface area contributed by atoms with Crippen molar-refractivity contribution in [1.29, 1.82) is 0 Å². The average Bonchev–Trinajstić information content (AvgIpc) is 3.21. The van der Waals surface area contributed by atoms with Crippen LogP contribution in [-0.2, 0) is 11.1 Å². The zero-order valence-electron chi connectivity index (χ0n) is 11.2. The summed E-state index contributed by atoms with van der Waals surface area (Å²) in [5.41, 5.74) is 1.09. The van der Waals surface area contributed by atoms with E-state index in [0.29, 0.717) is 16.0 Å². The first-order chi connectivity index (χ1) is 9.58. The van der Waals surface area contributed by atoms with Gasteiger partial charge < -0.3 is 5.32 Å². The van der Waals surface area contributed by atoms with Gasteiger partial charge in [0.2, 0.25) is 0 Å². The maximum atomic E-state index is 11.2. The number of hydrogen-bond acceptors (Lipinski definition) is 2. The fraction of sp³-hybridized carbons (Fsp3) is 0.571. The van der Waals surface area contributed by atoms with Gasteiger partial charge in [0.1, 0.15) is 0 Å². The third kappa shape index (κ3) is 4.98. The van der Waals surface area contributed by atoms with E-state index in [1.165, 1.54) is 0 Å². The monoisotopic (exact) mass is 334 g/mol. The molecule has 0 saturated heterocycles. The van der Waals surface area contributed by atoms with Crippen LogP contribution in [0.1, 0.15) is 31.2 Å². The van der Waals surface area contributed by atoms with Crippen molar-refractivity contribution >= 4 is 31.2 Å². The molecule has 1 aromatic carbocycles. The second kappa shape index (κ2) is 7.72. The van der Waals surface area contributed by atoms with Crippen LogP contribution in [0.15, 0.2) is 18.2 Å². The van der Waals surface area contributed by atoms with Crippen LogP contribution in [0.4, 0.5) is 0 Å². The fourth-order valence-corrected chi connectivity index (χ4v) is 3.71. The highest BCUT2D eigenvalue weighted by Gasteiger charge is 2.43. The van der Waals surface area contributed by atoms with Crippen LogP contribution >= 0.6 is 31.2 Å². The molecule has 1 saturated carbocycles. The number of hydrogen-bond donors (Lipinski definition) is 2. The van der Waals surface area contributed by atoms with E-state index in [0.717, 1.165) is 44.3 Å². The van der Waals surface area contributed by atoms with E-state index in [4.69, 9.17) is 23.2 Å². The first-order valence-corrected chi connectivity index (χ1v) is 8.91. The molecule has 2 N–H and O–H groups in total. The summed E-state index contributed by atoms with van der Waals surface area (Å²) in [6.07, 6.45) is 3.97.